The van der Waals surface area contributed by atoms with E-state index in [4.69, 9.17) is 4.42 Å². The van der Waals surface area contributed by atoms with Gasteiger partial charge in [0.15, 0.2) is 0 Å². The highest BCUT2D eigenvalue weighted by molar-refractivity contribution is 5.91. The van der Waals surface area contributed by atoms with Crippen molar-refractivity contribution in [1.29, 1.82) is 0 Å². The standard InChI is InChI=1S/C14H18N4O2/c1-3-18(4-2)13-10-15-12(9-16-13)14(19)17-8-11-6-5-7-20-11/h5-7,9-10H,3-4,8H2,1-2H3,(H,17,19). The topological polar surface area (TPSA) is 71.3 Å². The zero-order valence-electron chi connectivity index (χ0n) is 11.7. The minimum absolute atomic E-state index is 0.264. The Kier molecular flexibility index (Phi) is 4.70. The van der Waals surface area contributed by atoms with Crippen LogP contribution in [0.4, 0.5) is 5.82 Å². The molecule has 0 spiro atoms. The second kappa shape index (κ2) is 6.70. The molecule has 20 heavy (non-hydrogen) atoms. The number of nitrogens with zero attached hydrogens (tertiary/aromatic N) is 3. The van der Waals surface area contributed by atoms with E-state index in [0.717, 1.165) is 18.9 Å². The lowest BCUT2D eigenvalue weighted by atomic mass is 10.4. The normalized spacial score (nSPS) is 10.3. The predicted octanol–water partition coefficient (Wildman–Crippen LogP) is 1.85. The highest BCUT2D eigenvalue weighted by Crippen LogP contribution is 2.08. The maximum atomic E-state index is 11.9. The molecule has 2 aromatic rings. The maximum Gasteiger partial charge on any atom is 0.271 e. The lowest BCUT2D eigenvalue weighted by molar-refractivity contribution is 0.0942. The average molecular weight is 274 g/mol. The van der Waals surface area contributed by atoms with E-state index >= 15 is 0 Å². The van der Waals surface area contributed by atoms with Gasteiger partial charge in [0, 0.05) is 13.1 Å². The molecule has 0 radical (unpaired) electrons. The third kappa shape index (κ3) is 3.34. The van der Waals surface area contributed by atoms with Crippen LogP contribution >= 0.6 is 0 Å². The van der Waals surface area contributed by atoms with E-state index in [1.165, 1.54) is 6.20 Å². The first-order valence-electron chi connectivity index (χ1n) is 6.62. The van der Waals surface area contributed by atoms with Crippen LogP contribution in [0.15, 0.2) is 35.2 Å². The van der Waals surface area contributed by atoms with Gasteiger partial charge in [-0.3, -0.25) is 4.79 Å². The first-order chi connectivity index (χ1) is 9.74. The molecule has 106 valence electrons. The zero-order chi connectivity index (χ0) is 14.4. The summed E-state index contributed by atoms with van der Waals surface area (Å²) in [5.41, 5.74) is 0.299. The van der Waals surface area contributed by atoms with E-state index in [2.05, 4.69) is 34.0 Å². The largest absolute Gasteiger partial charge is 0.467 e. The number of rotatable bonds is 6. The van der Waals surface area contributed by atoms with Gasteiger partial charge in [-0.1, -0.05) is 0 Å². The van der Waals surface area contributed by atoms with Gasteiger partial charge < -0.3 is 14.6 Å². The van der Waals surface area contributed by atoms with E-state index in [-0.39, 0.29) is 5.91 Å². The van der Waals surface area contributed by atoms with Gasteiger partial charge in [-0.15, -0.1) is 0 Å². The fourth-order valence-electron chi connectivity index (χ4n) is 1.82. The predicted molar refractivity (Wildman–Crippen MR) is 75.5 cm³/mol. The first kappa shape index (κ1) is 14.0. The van der Waals surface area contributed by atoms with Crippen molar-refractivity contribution in [3.05, 3.63) is 42.2 Å². The maximum absolute atomic E-state index is 11.9. The van der Waals surface area contributed by atoms with Crippen molar-refractivity contribution in [2.45, 2.75) is 20.4 Å². The Morgan fingerprint density at radius 1 is 1.30 bits per heavy atom. The van der Waals surface area contributed by atoms with Gasteiger partial charge in [0.1, 0.15) is 17.3 Å². The Labute approximate surface area is 117 Å². The van der Waals surface area contributed by atoms with Gasteiger partial charge in [0.2, 0.25) is 0 Å². The highest BCUT2D eigenvalue weighted by atomic mass is 16.3. The minimum Gasteiger partial charge on any atom is -0.467 e. The van der Waals surface area contributed by atoms with Gasteiger partial charge in [0.05, 0.1) is 25.2 Å². The second-order valence-electron chi connectivity index (χ2n) is 4.19. The number of hydrogen-bond acceptors (Lipinski definition) is 5. The molecule has 0 unspecified atom stereocenters. The summed E-state index contributed by atoms with van der Waals surface area (Å²) in [6, 6.07) is 3.58. The monoisotopic (exact) mass is 274 g/mol. The molecule has 0 aromatic carbocycles. The third-order valence-corrected chi connectivity index (χ3v) is 2.96. The van der Waals surface area contributed by atoms with Crippen LogP contribution in [0.2, 0.25) is 0 Å². The summed E-state index contributed by atoms with van der Waals surface area (Å²) < 4.78 is 5.14. The highest BCUT2D eigenvalue weighted by Gasteiger charge is 2.10. The van der Waals surface area contributed by atoms with E-state index in [1.54, 1.807) is 24.6 Å². The Morgan fingerprint density at radius 3 is 2.65 bits per heavy atom. The molecule has 0 aliphatic rings. The van der Waals surface area contributed by atoms with Crippen molar-refractivity contribution < 1.29 is 9.21 Å². The average Bonchev–Trinajstić information content (AvgIpc) is 3.00. The number of nitrogens with one attached hydrogen (secondary N) is 1. The van der Waals surface area contributed by atoms with Crippen molar-refractivity contribution in [3.8, 4) is 0 Å². The number of anilines is 1. The van der Waals surface area contributed by atoms with Crippen LogP contribution < -0.4 is 10.2 Å². The van der Waals surface area contributed by atoms with Crippen molar-refractivity contribution >= 4 is 11.7 Å². The van der Waals surface area contributed by atoms with Gasteiger partial charge in [-0.2, -0.15) is 0 Å². The fourth-order valence-corrected chi connectivity index (χ4v) is 1.82. The lowest BCUT2D eigenvalue weighted by Crippen LogP contribution is -2.26. The zero-order valence-corrected chi connectivity index (χ0v) is 11.7. The van der Waals surface area contributed by atoms with E-state index in [0.29, 0.717) is 18.0 Å². The summed E-state index contributed by atoms with van der Waals surface area (Å²) in [6.07, 6.45) is 4.68. The number of carbonyl (C=O) groups is 1. The lowest BCUT2D eigenvalue weighted by Gasteiger charge is -2.18. The number of carbonyl (C=O) groups excluding carboxylic acids is 1. The Balaban J connectivity index is 1.96. The van der Waals surface area contributed by atoms with E-state index < -0.39 is 0 Å². The van der Waals surface area contributed by atoms with Crippen molar-refractivity contribution in [2.24, 2.45) is 0 Å². The number of aromatic nitrogens is 2. The Morgan fingerprint density at radius 2 is 2.10 bits per heavy atom. The molecule has 2 aromatic heterocycles. The molecule has 6 heteroatoms. The fraction of sp³-hybridized carbons (Fsp3) is 0.357. The van der Waals surface area contributed by atoms with Gasteiger partial charge >= 0.3 is 0 Å². The molecule has 6 nitrogen and oxygen atoms in total. The van der Waals surface area contributed by atoms with Crippen LogP contribution in [-0.2, 0) is 6.54 Å². The molecular formula is C14H18N4O2. The second-order valence-corrected chi connectivity index (χ2v) is 4.19. The van der Waals surface area contributed by atoms with E-state index in [9.17, 15) is 4.79 Å². The van der Waals surface area contributed by atoms with Gasteiger partial charge in [-0.25, -0.2) is 9.97 Å². The van der Waals surface area contributed by atoms with Crippen LogP contribution in [-0.4, -0.2) is 29.0 Å². The van der Waals surface area contributed by atoms with Gasteiger partial charge in [0.25, 0.3) is 5.91 Å². The Bertz CT molecular complexity index is 533. The Hall–Kier alpha value is -2.37. The number of hydrogen-bond donors (Lipinski definition) is 1. The molecule has 0 bridgehead atoms. The SMILES string of the molecule is CCN(CC)c1cnc(C(=O)NCc2ccco2)cn1. The quantitative estimate of drug-likeness (QED) is 0.870. The van der Waals surface area contributed by atoms with Crippen molar-refractivity contribution in [3.63, 3.8) is 0 Å². The van der Waals surface area contributed by atoms with Crippen LogP contribution in [0.5, 0.6) is 0 Å². The molecule has 0 saturated carbocycles. The molecule has 0 fully saturated rings. The van der Waals surface area contributed by atoms with E-state index in [1.807, 2.05) is 0 Å². The molecule has 1 N–H and O–H groups in total. The summed E-state index contributed by atoms with van der Waals surface area (Å²) in [5, 5.41) is 2.73. The summed E-state index contributed by atoms with van der Waals surface area (Å²) in [5.74, 6) is 1.21. The number of furan rings is 1. The summed E-state index contributed by atoms with van der Waals surface area (Å²) in [6.45, 7) is 6.15. The molecule has 0 atom stereocenters. The summed E-state index contributed by atoms with van der Waals surface area (Å²) in [7, 11) is 0. The summed E-state index contributed by atoms with van der Waals surface area (Å²) in [4.78, 5) is 22.4. The van der Waals surface area contributed by atoms with Crippen LogP contribution in [0.25, 0.3) is 0 Å². The molecule has 0 aliphatic carbocycles. The molecule has 0 saturated heterocycles. The van der Waals surface area contributed by atoms with Crippen LogP contribution in [0.3, 0.4) is 0 Å². The first-order valence-corrected chi connectivity index (χ1v) is 6.62. The molecular weight excluding hydrogens is 256 g/mol. The molecule has 1 amide bonds. The summed E-state index contributed by atoms with van der Waals surface area (Å²) >= 11 is 0. The molecule has 2 heterocycles. The minimum atomic E-state index is -0.264. The third-order valence-electron chi connectivity index (χ3n) is 2.96. The van der Waals surface area contributed by atoms with Crippen molar-refractivity contribution in [2.75, 3.05) is 18.0 Å². The number of amides is 1. The molecule has 2 rings (SSSR count). The van der Waals surface area contributed by atoms with Crippen molar-refractivity contribution in [1.82, 2.24) is 15.3 Å². The van der Waals surface area contributed by atoms with Gasteiger partial charge in [-0.05, 0) is 26.0 Å². The smallest absolute Gasteiger partial charge is 0.271 e. The van der Waals surface area contributed by atoms with Crippen LogP contribution in [0.1, 0.15) is 30.1 Å². The van der Waals surface area contributed by atoms with Crippen LogP contribution in [0, 0.1) is 0 Å². The molecule has 0 aliphatic heterocycles.